The number of ketones is 1. The van der Waals surface area contributed by atoms with Crippen LogP contribution < -0.4 is 0 Å². The summed E-state index contributed by atoms with van der Waals surface area (Å²) >= 11 is 6.23. The van der Waals surface area contributed by atoms with Crippen LogP contribution in [0.15, 0.2) is 61.3 Å². The largest absolute Gasteiger partial charge is 0.379 e. The van der Waals surface area contributed by atoms with Gasteiger partial charge in [-0.15, -0.1) is 0 Å². The second kappa shape index (κ2) is 11.2. The summed E-state index contributed by atoms with van der Waals surface area (Å²) in [5.41, 5.74) is -2.50. The molecule has 1 aliphatic heterocycles. The number of carbonyl (C=O) groups excluding carboxylic acids is 2. The van der Waals surface area contributed by atoms with Crippen LogP contribution in [0, 0.1) is 17.1 Å². The normalized spacial score (nSPS) is 20.9. The van der Waals surface area contributed by atoms with Gasteiger partial charge in [0.05, 0.1) is 41.4 Å². The van der Waals surface area contributed by atoms with Crippen molar-refractivity contribution in [3.05, 3.63) is 111 Å². The molecule has 1 aliphatic carbocycles. The molecule has 2 aromatic carbocycles. The molecule has 0 unspecified atom stereocenters. The number of hydrogen-bond acceptors (Lipinski definition) is 8. The lowest BCUT2D eigenvalue weighted by Crippen LogP contribution is -2.48. The second-order valence-corrected chi connectivity index (χ2v) is 11.5. The number of rotatable bonds is 8. The fourth-order valence-electron chi connectivity index (χ4n) is 6.05. The van der Waals surface area contributed by atoms with Gasteiger partial charge in [0.1, 0.15) is 29.1 Å². The summed E-state index contributed by atoms with van der Waals surface area (Å²) in [4.78, 5) is 40.9. The first-order valence-corrected chi connectivity index (χ1v) is 14.5. The fourth-order valence-corrected chi connectivity index (χ4v) is 6.17. The van der Waals surface area contributed by atoms with Crippen LogP contribution in [-0.4, -0.2) is 47.3 Å². The zero-order valence-corrected chi connectivity index (χ0v) is 24.8. The van der Waals surface area contributed by atoms with E-state index in [0.29, 0.717) is 29.1 Å². The summed E-state index contributed by atoms with van der Waals surface area (Å²) in [6.45, 7) is 1.53. The van der Waals surface area contributed by atoms with Crippen molar-refractivity contribution in [3.63, 3.8) is 0 Å². The molecule has 2 aliphatic rings. The predicted octanol–water partition coefficient (Wildman–Crippen LogP) is 4.52. The van der Waals surface area contributed by atoms with Crippen molar-refractivity contribution in [2.45, 2.75) is 56.6 Å². The fraction of sp³-hybridized carbons (Fsp3) is 0.312. The third-order valence-electron chi connectivity index (χ3n) is 8.31. The van der Waals surface area contributed by atoms with Crippen LogP contribution in [0.3, 0.4) is 0 Å². The van der Waals surface area contributed by atoms with Crippen LogP contribution in [0.5, 0.6) is 0 Å². The number of nitriles is 1. The van der Waals surface area contributed by atoms with Crippen molar-refractivity contribution in [1.82, 2.24) is 24.4 Å². The summed E-state index contributed by atoms with van der Waals surface area (Å²) in [7, 11) is 1.76. The Bertz CT molecular complexity index is 1800. The minimum Gasteiger partial charge on any atom is -0.379 e. The summed E-state index contributed by atoms with van der Waals surface area (Å²) < 4.78 is 25.2. The molecule has 1 fully saturated rings. The summed E-state index contributed by atoms with van der Waals surface area (Å²) in [5, 5.41) is 21.4. The van der Waals surface area contributed by atoms with E-state index in [4.69, 9.17) is 16.3 Å². The molecule has 0 bridgehead atoms. The van der Waals surface area contributed by atoms with Crippen LogP contribution >= 0.6 is 11.6 Å². The van der Waals surface area contributed by atoms with Gasteiger partial charge in [0, 0.05) is 49.1 Å². The minimum atomic E-state index is -1.83. The van der Waals surface area contributed by atoms with Gasteiger partial charge >= 0.3 is 0 Å². The molecule has 0 spiro atoms. The van der Waals surface area contributed by atoms with Gasteiger partial charge in [0.25, 0.3) is 5.91 Å². The molecule has 3 atom stereocenters. The highest BCUT2D eigenvalue weighted by Gasteiger charge is 2.56. The molecule has 12 heteroatoms. The number of Topliss-reactive ketones (excluding diaryl/α,β-unsaturated/α-hetero) is 1. The molecule has 1 saturated carbocycles. The van der Waals surface area contributed by atoms with E-state index in [1.54, 1.807) is 49.0 Å². The minimum absolute atomic E-state index is 0.00645. The Morgan fingerprint density at radius 3 is 2.52 bits per heavy atom. The van der Waals surface area contributed by atoms with Crippen molar-refractivity contribution in [1.29, 1.82) is 5.26 Å². The molecule has 0 radical (unpaired) electrons. The predicted molar refractivity (Wildman–Crippen MR) is 155 cm³/mol. The van der Waals surface area contributed by atoms with Crippen LogP contribution in [0.25, 0.3) is 0 Å². The Morgan fingerprint density at radius 2 is 1.93 bits per heavy atom. The number of nitrogens with zero attached hydrogens (tertiary/aromatic N) is 6. The lowest BCUT2D eigenvalue weighted by molar-refractivity contribution is -0.149. The Kier molecular flexibility index (Phi) is 7.53. The molecule has 4 aromatic rings. The van der Waals surface area contributed by atoms with Gasteiger partial charge in [-0.05, 0) is 42.7 Å². The monoisotopic (exact) mass is 614 g/mol. The Balaban J connectivity index is 1.58. The second-order valence-electron chi connectivity index (χ2n) is 11.1. The number of fused-ring (bicyclic) bond motifs is 1. The van der Waals surface area contributed by atoms with Crippen LogP contribution in [0.1, 0.15) is 76.7 Å². The van der Waals surface area contributed by atoms with E-state index in [2.05, 4.69) is 15.0 Å². The van der Waals surface area contributed by atoms with Crippen LogP contribution in [0.2, 0.25) is 5.02 Å². The first kappa shape index (κ1) is 29.6. The van der Waals surface area contributed by atoms with E-state index in [0.717, 1.165) is 0 Å². The quantitative estimate of drug-likeness (QED) is 0.306. The smallest absolute Gasteiger partial charge is 0.257 e. The van der Waals surface area contributed by atoms with Crippen molar-refractivity contribution in [2.75, 3.05) is 0 Å². The van der Waals surface area contributed by atoms with Gasteiger partial charge in [0.2, 0.25) is 5.72 Å². The average Bonchev–Trinajstić information content (AvgIpc) is 3.71. The average molecular weight is 615 g/mol. The highest BCUT2D eigenvalue weighted by atomic mass is 35.5. The maximum atomic E-state index is 16.8. The molecule has 1 amide bonds. The Labute approximate surface area is 257 Å². The lowest BCUT2D eigenvalue weighted by atomic mass is 9.84. The highest BCUT2D eigenvalue weighted by molar-refractivity contribution is 6.30. The lowest BCUT2D eigenvalue weighted by Gasteiger charge is -2.41. The molecule has 44 heavy (non-hydrogen) atoms. The number of amides is 1. The van der Waals surface area contributed by atoms with Crippen molar-refractivity contribution in [3.8, 4) is 6.07 Å². The van der Waals surface area contributed by atoms with Crippen molar-refractivity contribution < 1.29 is 23.8 Å². The van der Waals surface area contributed by atoms with Crippen LogP contribution in [0.4, 0.5) is 4.39 Å². The maximum absolute atomic E-state index is 16.8. The zero-order chi connectivity index (χ0) is 31.2. The SMILES string of the molecule is CC[C@](O)(c1cc(F)c2c(c1)C(=O)N(Cc1ncc(C#N)cn1)[C@@]2(O[C@H]1CCC(=O)C1)c1ccc(Cl)cc1)c1cn(C)cn1. The third kappa shape index (κ3) is 4.85. The number of aromatic nitrogens is 4. The number of ether oxygens (including phenoxy) is 1. The molecular weight excluding hydrogens is 587 g/mol. The van der Waals surface area contributed by atoms with E-state index in [9.17, 15) is 20.0 Å². The molecule has 2 aromatic heterocycles. The third-order valence-corrected chi connectivity index (χ3v) is 8.56. The van der Waals surface area contributed by atoms with Gasteiger partial charge in [-0.1, -0.05) is 30.7 Å². The number of hydrogen-bond donors (Lipinski definition) is 1. The molecule has 224 valence electrons. The van der Waals surface area contributed by atoms with Crippen LogP contribution in [-0.2, 0) is 34.4 Å². The molecule has 0 saturated heterocycles. The van der Waals surface area contributed by atoms with Gasteiger partial charge in [0.15, 0.2) is 0 Å². The first-order valence-electron chi connectivity index (χ1n) is 14.1. The highest BCUT2D eigenvalue weighted by Crippen LogP contribution is 2.50. The van der Waals surface area contributed by atoms with E-state index >= 15 is 4.39 Å². The summed E-state index contributed by atoms with van der Waals surface area (Å²) in [5.74, 6) is -1.18. The molecule has 1 N–H and O–H groups in total. The zero-order valence-electron chi connectivity index (χ0n) is 24.0. The number of benzene rings is 2. The summed E-state index contributed by atoms with van der Waals surface area (Å²) in [6, 6.07) is 11.2. The van der Waals surface area contributed by atoms with E-state index in [-0.39, 0.29) is 53.2 Å². The number of halogens is 2. The number of imidazole rings is 1. The van der Waals surface area contributed by atoms with E-state index in [1.807, 2.05) is 6.07 Å². The summed E-state index contributed by atoms with van der Waals surface area (Å²) in [6.07, 6.45) is 6.20. The van der Waals surface area contributed by atoms with E-state index < -0.39 is 29.2 Å². The number of aliphatic hydroxyl groups is 1. The first-order chi connectivity index (χ1) is 21.1. The van der Waals surface area contributed by atoms with Gasteiger partial charge in [-0.25, -0.2) is 19.3 Å². The van der Waals surface area contributed by atoms with Gasteiger partial charge in [-0.2, -0.15) is 5.26 Å². The molecule has 6 rings (SSSR count). The standard InChI is InChI=1S/C32H28ClFN6O4/c1-3-31(43,27-16-39(2)18-38-27)21-10-25-29(26(34)11-21)32(20-4-6-22(33)7-5-20,44-24-9-8-23(41)12-24)40(30(25)42)17-28-36-14-19(13-35)15-37-28/h4-7,10-11,14-16,18,24,43H,3,8-9,12,17H2,1-2H3/t24-,31-,32+/m0/s1. The van der Waals surface area contributed by atoms with Gasteiger partial charge < -0.3 is 14.4 Å². The Morgan fingerprint density at radius 1 is 1.20 bits per heavy atom. The topological polar surface area (TPSA) is 134 Å². The van der Waals surface area contributed by atoms with Gasteiger partial charge in [-0.3, -0.25) is 14.5 Å². The number of carbonyl (C=O) groups is 2. The Hall–Kier alpha value is -4.50. The van der Waals surface area contributed by atoms with E-state index in [1.165, 1.54) is 35.8 Å². The molecule has 10 nitrogen and oxygen atoms in total. The number of aryl methyl sites for hydroxylation is 1. The molecular formula is C32H28ClFN6O4. The molecule has 3 heterocycles. The van der Waals surface area contributed by atoms with Crippen molar-refractivity contribution >= 4 is 23.3 Å². The van der Waals surface area contributed by atoms with Crippen molar-refractivity contribution in [2.24, 2.45) is 7.05 Å². The maximum Gasteiger partial charge on any atom is 0.257 e.